The molecule has 5 nitrogen and oxygen atoms in total. The number of hydrogen-bond acceptors (Lipinski definition) is 3. The molecule has 2 aliphatic heterocycles. The number of amides is 2. The Morgan fingerprint density at radius 2 is 1.50 bits per heavy atom. The molecule has 2 aliphatic rings. The second-order valence-corrected chi connectivity index (χ2v) is 9.82. The third-order valence-electron chi connectivity index (χ3n) is 7.14. The van der Waals surface area contributed by atoms with E-state index in [1.165, 1.54) is 12.8 Å². The molecule has 2 aromatic carbocycles. The molecule has 2 saturated heterocycles. The summed E-state index contributed by atoms with van der Waals surface area (Å²) in [6.45, 7) is 2.98. The van der Waals surface area contributed by atoms with Gasteiger partial charge in [0, 0.05) is 48.1 Å². The number of rotatable bonds is 3. The van der Waals surface area contributed by atoms with Crippen LogP contribution >= 0.6 is 11.6 Å². The van der Waals surface area contributed by atoms with Crippen LogP contribution in [0.5, 0.6) is 0 Å². The SMILES string of the molecule is O=C(c1cc(-c2ccc(Cl)cc2)nc2ccccc12)N1CCC(C(=O)N2CCCCCC2)CC1. The van der Waals surface area contributed by atoms with Gasteiger partial charge in [0.15, 0.2) is 0 Å². The molecule has 176 valence electrons. The fraction of sp³-hybridized carbons (Fsp3) is 0.393. The molecular formula is C28H30ClN3O2. The Labute approximate surface area is 205 Å². The first-order valence-electron chi connectivity index (χ1n) is 12.3. The predicted molar refractivity (Wildman–Crippen MR) is 136 cm³/mol. The topological polar surface area (TPSA) is 53.5 Å². The summed E-state index contributed by atoms with van der Waals surface area (Å²) in [7, 11) is 0. The van der Waals surface area contributed by atoms with Crippen molar-refractivity contribution in [1.82, 2.24) is 14.8 Å². The Bertz CT molecular complexity index is 1180. The number of carbonyl (C=O) groups is 2. The van der Waals surface area contributed by atoms with Crippen molar-refractivity contribution in [3.8, 4) is 11.3 Å². The average molecular weight is 476 g/mol. The van der Waals surface area contributed by atoms with Crippen molar-refractivity contribution >= 4 is 34.3 Å². The number of para-hydroxylation sites is 1. The van der Waals surface area contributed by atoms with Crippen molar-refractivity contribution in [1.29, 1.82) is 0 Å². The summed E-state index contributed by atoms with van der Waals surface area (Å²) in [4.78, 5) is 35.5. The van der Waals surface area contributed by atoms with Crippen LogP contribution in [-0.4, -0.2) is 52.8 Å². The number of aromatic nitrogens is 1. The second-order valence-electron chi connectivity index (χ2n) is 9.39. The number of pyridine rings is 1. The highest BCUT2D eigenvalue weighted by molar-refractivity contribution is 6.30. The molecule has 3 heterocycles. The molecule has 0 aliphatic carbocycles. The first kappa shape index (κ1) is 22.9. The number of carbonyl (C=O) groups excluding carboxylic acids is 2. The third-order valence-corrected chi connectivity index (χ3v) is 7.39. The monoisotopic (exact) mass is 475 g/mol. The van der Waals surface area contributed by atoms with Crippen molar-refractivity contribution < 1.29 is 9.59 Å². The van der Waals surface area contributed by atoms with Gasteiger partial charge < -0.3 is 9.80 Å². The number of benzene rings is 2. The number of hydrogen-bond donors (Lipinski definition) is 0. The molecule has 0 bridgehead atoms. The zero-order valence-corrected chi connectivity index (χ0v) is 20.1. The minimum Gasteiger partial charge on any atom is -0.342 e. The van der Waals surface area contributed by atoms with Crippen molar-refractivity contribution in [3.63, 3.8) is 0 Å². The molecule has 34 heavy (non-hydrogen) atoms. The molecular weight excluding hydrogens is 446 g/mol. The Morgan fingerprint density at radius 1 is 0.824 bits per heavy atom. The summed E-state index contributed by atoms with van der Waals surface area (Å²) in [6, 6.07) is 17.2. The molecule has 3 aromatic rings. The highest BCUT2D eigenvalue weighted by atomic mass is 35.5. The molecule has 0 atom stereocenters. The van der Waals surface area contributed by atoms with E-state index in [4.69, 9.17) is 16.6 Å². The Morgan fingerprint density at radius 3 is 2.21 bits per heavy atom. The Balaban J connectivity index is 1.35. The lowest BCUT2D eigenvalue weighted by molar-refractivity contribution is -0.136. The van der Waals surface area contributed by atoms with E-state index in [-0.39, 0.29) is 17.7 Å². The molecule has 5 rings (SSSR count). The minimum absolute atomic E-state index is 0.00878. The Hall–Kier alpha value is -2.92. The lowest BCUT2D eigenvalue weighted by Gasteiger charge is -2.34. The molecule has 0 radical (unpaired) electrons. The maximum Gasteiger partial charge on any atom is 0.254 e. The first-order chi connectivity index (χ1) is 16.6. The number of fused-ring (bicyclic) bond motifs is 1. The van der Waals surface area contributed by atoms with Crippen LogP contribution in [0.3, 0.4) is 0 Å². The maximum absolute atomic E-state index is 13.7. The van der Waals surface area contributed by atoms with Gasteiger partial charge in [-0.25, -0.2) is 4.98 Å². The van der Waals surface area contributed by atoms with E-state index in [2.05, 4.69) is 4.90 Å². The van der Waals surface area contributed by atoms with Gasteiger partial charge in [-0.05, 0) is 49.9 Å². The van der Waals surface area contributed by atoms with Crippen molar-refractivity contribution in [3.05, 3.63) is 65.2 Å². The van der Waals surface area contributed by atoms with E-state index in [0.29, 0.717) is 23.7 Å². The molecule has 0 spiro atoms. The van der Waals surface area contributed by atoms with Crippen LogP contribution in [0.4, 0.5) is 0 Å². The van der Waals surface area contributed by atoms with Gasteiger partial charge in [-0.2, -0.15) is 0 Å². The van der Waals surface area contributed by atoms with E-state index >= 15 is 0 Å². The second kappa shape index (κ2) is 10.1. The lowest BCUT2D eigenvalue weighted by atomic mass is 9.94. The van der Waals surface area contributed by atoms with Gasteiger partial charge in [-0.1, -0.05) is 54.8 Å². The van der Waals surface area contributed by atoms with Gasteiger partial charge >= 0.3 is 0 Å². The smallest absolute Gasteiger partial charge is 0.254 e. The van der Waals surface area contributed by atoms with Crippen LogP contribution in [0.15, 0.2) is 54.6 Å². The lowest BCUT2D eigenvalue weighted by Crippen LogP contribution is -2.44. The number of halogens is 1. The molecule has 2 amide bonds. The van der Waals surface area contributed by atoms with Gasteiger partial charge in [0.2, 0.25) is 5.91 Å². The van der Waals surface area contributed by atoms with E-state index < -0.39 is 0 Å². The van der Waals surface area contributed by atoms with Crippen LogP contribution < -0.4 is 0 Å². The number of likely N-dealkylation sites (tertiary alicyclic amines) is 2. The van der Waals surface area contributed by atoms with Crippen LogP contribution in [0, 0.1) is 5.92 Å². The summed E-state index contributed by atoms with van der Waals surface area (Å²) in [5.41, 5.74) is 3.13. The number of piperidine rings is 1. The van der Waals surface area contributed by atoms with Crippen molar-refractivity contribution in [2.75, 3.05) is 26.2 Å². The van der Waals surface area contributed by atoms with Gasteiger partial charge in [0.1, 0.15) is 0 Å². The average Bonchev–Trinajstić information content (AvgIpc) is 3.17. The maximum atomic E-state index is 13.7. The highest BCUT2D eigenvalue weighted by Gasteiger charge is 2.31. The quantitative estimate of drug-likeness (QED) is 0.480. The van der Waals surface area contributed by atoms with Gasteiger partial charge in [0.25, 0.3) is 5.91 Å². The molecule has 0 N–H and O–H groups in total. The fourth-order valence-corrected chi connectivity index (χ4v) is 5.30. The Kier molecular flexibility index (Phi) is 6.82. The van der Waals surface area contributed by atoms with E-state index in [1.54, 1.807) is 0 Å². The van der Waals surface area contributed by atoms with Crippen molar-refractivity contribution in [2.24, 2.45) is 5.92 Å². The van der Waals surface area contributed by atoms with Crippen molar-refractivity contribution in [2.45, 2.75) is 38.5 Å². The fourth-order valence-electron chi connectivity index (χ4n) is 5.17. The summed E-state index contributed by atoms with van der Waals surface area (Å²) >= 11 is 6.06. The summed E-state index contributed by atoms with van der Waals surface area (Å²) in [5, 5.41) is 1.52. The van der Waals surface area contributed by atoms with Gasteiger partial charge in [-0.15, -0.1) is 0 Å². The zero-order chi connectivity index (χ0) is 23.5. The minimum atomic E-state index is 0.00878. The largest absolute Gasteiger partial charge is 0.342 e. The molecule has 0 saturated carbocycles. The summed E-state index contributed by atoms with van der Waals surface area (Å²) in [5.74, 6) is 0.323. The van der Waals surface area contributed by atoms with Crippen LogP contribution in [0.25, 0.3) is 22.2 Å². The predicted octanol–water partition coefficient (Wildman–Crippen LogP) is 5.81. The van der Waals surface area contributed by atoms with E-state index in [9.17, 15) is 9.59 Å². The van der Waals surface area contributed by atoms with Crippen LogP contribution in [0.1, 0.15) is 48.9 Å². The normalized spacial score (nSPS) is 17.6. The molecule has 0 unspecified atom stereocenters. The van der Waals surface area contributed by atoms with E-state index in [1.807, 2.05) is 59.5 Å². The molecule has 1 aromatic heterocycles. The zero-order valence-electron chi connectivity index (χ0n) is 19.4. The standard InChI is InChI=1S/C28H30ClN3O2/c29-22-11-9-20(10-12-22)26-19-24(23-7-3-4-8-25(23)30-26)28(34)32-17-13-21(14-18-32)27(33)31-15-5-1-2-6-16-31/h3-4,7-12,19,21H,1-2,5-6,13-18H2. The number of nitrogens with zero attached hydrogens (tertiary/aromatic N) is 3. The van der Waals surface area contributed by atoms with Gasteiger partial charge in [-0.3, -0.25) is 9.59 Å². The van der Waals surface area contributed by atoms with E-state index in [0.717, 1.165) is 60.9 Å². The molecule has 6 heteroatoms. The summed E-state index contributed by atoms with van der Waals surface area (Å²) < 4.78 is 0. The van der Waals surface area contributed by atoms with Gasteiger partial charge in [0.05, 0.1) is 16.8 Å². The summed E-state index contributed by atoms with van der Waals surface area (Å²) in [6.07, 6.45) is 6.10. The molecule has 2 fully saturated rings. The third kappa shape index (κ3) is 4.80. The van der Waals surface area contributed by atoms with Crippen LogP contribution in [0.2, 0.25) is 5.02 Å². The first-order valence-corrected chi connectivity index (χ1v) is 12.7. The highest BCUT2D eigenvalue weighted by Crippen LogP contribution is 2.29. The van der Waals surface area contributed by atoms with Crippen LogP contribution in [-0.2, 0) is 4.79 Å².